The molecule has 0 radical (unpaired) electrons. The van der Waals surface area contributed by atoms with Gasteiger partial charge in [-0.1, -0.05) is 20.8 Å². The van der Waals surface area contributed by atoms with Gasteiger partial charge < -0.3 is 9.88 Å². The fourth-order valence-electron chi connectivity index (χ4n) is 3.38. The molecule has 2 aromatic rings. The number of aromatic amines is 2. The molecule has 0 bridgehead atoms. The molecule has 2 N–H and O–H groups in total. The van der Waals surface area contributed by atoms with Crippen LogP contribution in [0.5, 0.6) is 0 Å². The second-order valence-electron chi connectivity index (χ2n) is 7.39. The third kappa shape index (κ3) is 3.25. The van der Waals surface area contributed by atoms with E-state index in [0.29, 0.717) is 17.3 Å². The van der Waals surface area contributed by atoms with E-state index < -0.39 is 11.2 Å². The standard InChI is InChI=1S/C18H22N6O2/c1-11(2)18(3)5-4-6-24(10-18)15-7-13(22-23-14(15)8-19)12-9-20-17(26)21-16(12)25/h7,9,11H,4-6,10H2,1-3H3,(H2,20,21,25,26). The van der Waals surface area contributed by atoms with Crippen LogP contribution in [0.4, 0.5) is 5.69 Å². The highest BCUT2D eigenvalue weighted by atomic mass is 16.2. The predicted octanol–water partition coefficient (Wildman–Crippen LogP) is 1.65. The van der Waals surface area contributed by atoms with Crippen LogP contribution in [0.2, 0.25) is 0 Å². The highest BCUT2D eigenvalue weighted by molar-refractivity contribution is 5.66. The first-order valence-corrected chi connectivity index (χ1v) is 8.69. The number of H-pyrrole nitrogens is 2. The van der Waals surface area contributed by atoms with Crippen molar-refractivity contribution >= 4 is 5.69 Å². The molecule has 136 valence electrons. The van der Waals surface area contributed by atoms with Crippen LogP contribution in [0, 0.1) is 22.7 Å². The molecule has 8 nitrogen and oxygen atoms in total. The summed E-state index contributed by atoms with van der Waals surface area (Å²) in [7, 11) is 0. The first kappa shape index (κ1) is 17.9. The summed E-state index contributed by atoms with van der Waals surface area (Å²) in [5.74, 6) is 0.507. The summed E-state index contributed by atoms with van der Waals surface area (Å²) in [5, 5.41) is 17.4. The van der Waals surface area contributed by atoms with Crippen LogP contribution >= 0.6 is 0 Å². The van der Waals surface area contributed by atoms with E-state index in [1.54, 1.807) is 6.07 Å². The Labute approximate surface area is 150 Å². The largest absolute Gasteiger partial charge is 0.369 e. The van der Waals surface area contributed by atoms with Gasteiger partial charge in [-0.2, -0.15) is 5.26 Å². The van der Waals surface area contributed by atoms with E-state index in [9.17, 15) is 14.9 Å². The number of nitrogens with zero attached hydrogens (tertiary/aromatic N) is 4. The van der Waals surface area contributed by atoms with Crippen LogP contribution in [0.3, 0.4) is 0 Å². The van der Waals surface area contributed by atoms with Gasteiger partial charge in [0.05, 0.1) is 11.3 Å². The minimum atomic E-state index is -0.579. The molecule has 2 aromatic heterocycles. The molecule has 26 heavy (non-hydrogen) atoms. The second kappa shape index (κ2) is 6.75. The first-order chi connectivity index (χ1) is 12.3. The summed E-state index contributed by atoms with van der Waals surface area (Å²) in [6, 6.07) is 3.80. The van der Waals surface area contributed by atoms with Crippen LogP contribution < -0.4 is 16.1 Å². The minimum Gasteiger partial charge on any atom is -0.369 e. The van der Waals surface area contributed by atoms with E-state index in [2.05, 4.69) is 51.9 Å². The van der Waals surface area contributed by atoms with Crippen LogP contribution in [0.1, 0.15) is 39.3 Å². The molecule has 1 unspecified atom stereocenters. The lowest BCUT2D eigenvalue weighted by Gasteiger charge is -2.44. The predicted molar refractivity (Wildman–Crippen MR) is 97.8 cm³/mol. The smallest absolute Gasteiger partial charge is 0.325 e. The fourth-order valence-corrected chi connectivity index (χ4v) is 3.38. The van der Waals surface area contributed by atoms with Gasteiger partial charge in [0, 0.05) is 19.3 Å². The van der Waals surface area contributed by atoms with Crippen molar-refractivity contribution in [1.82, 2.24) is 20.2 Å². The van der Waals surface area contributed by atoms with Crippen molar-refractivity contribution in [2.45, 2.75) is 33.6 Å². The molecule has 0 amide bonds. The molecule has 0 saturated carbocycles. The average molecular weight is 354 g/mol. The molecule has 1 aliphatic rings. The van der Waals surface area contributed by atoms with E-state index in [4.69, 9.17) is 0 Å². The highest BCUT2D eigenvalue weighted by Crippen LogP contribution is 2.39. The summed E-state index contributed by atoms with van der Waals surface area (Å²) in [4.78, 5) is 30.0. The van der Waals surface area contributed by atoms with Gasteiger partial charge in [-0.15, -0.1) is 10.2 Å². The number of piperidine rings is 1. The van der Waals surface area contributed by atoms with Crippen molar-refractivity contribution in [3.8, 4) is 17.3 Å². The zero-order valence-corrected chi connectivity index (χ0v) is 15.2. The van der Waals surface area contributed by atoms with E-state index in [0.717, 1.165) is 25.9 Å². The molecule has 8 heteroatoms. The normalized spacial score (nSPS) is 20.2. The molecule has 0 aliphatic carbocycles. The Kier molecular flexibility index (Phi) is 4.64. The Hall–Kier alpha value is -2.95. The third-order valence-corrected chi connectivity index (χ3v) is 5.44. The maximum Gasteiger partial charge on any atom is 0.325 e. The molecule has 1 aliphatic heterocycles. The molecule has 3 rings (SSSR count). The van der Waals surface area contributed by atoms with Crippen molar-refractivity contribution in [2.24, 2.45) is 11.3 Å². The van der Waals surface area contributed by atoms with Crippen molar-refractivity contribution in [1.29, 1.82) is 5.26 Å². The lowest BCUT2D eigenvalue weighted by Crippen LogP contribution is -2.44. The van der Waals surface area contributed by atoms with Crippen LogP contribution in [0.25, 0.3) is 11.3 Å². The monoisotopic (exact) mass is 354 g/mol. The number of aromatic nitrogens is 4. The molecular weight excluding hydrogens is 332 g/mol. The van der Waals surface area contributed by atoms with Gasteiger partial charge in [0.2, 0.25) is 0 Å². The summed E-state index contributed by atoms with van der Waals surface area (Å²) in [5.41, 5.74) is 0.481. The summed E-state index contributed by atoms with van der Waals surface area (Å²) >= 11 is 0. The van der Waals surface area contributed by atoms with E-state index in [1.807, 2.05) is 0 Å². The summed E-state index contributed by atoms with van der Waals surface area (Å²) in [6.45, 7) is 8.32. The van der Waals surface area contributed by atoms with E-state index in [1.165, 1.54) is 6.20 Å². The number of rotatable bonds is 3. The van der Waals surface area contributed by atoms with Gasteiger partial charge in [0.15, 0.2) is 5.69 Å². The fraction of sp³-hybridized carbons (Fsp3) is 0.500. The first-order valence-electron chi connectivity index (χ1n) is 8.69. The van der Waals surface area contributed by atoms with Crippen molar-refractivity contribution in [3.05, 3.63) is 38.8 Å². The Morgan fingerprint density at radius 3 is 2.77 bits per heavy atom. The molecular formula is C18H22N6O2. The third-order valence-electron chi connectivity index (χ3n) is 5.44. The van der Waals surface area contributed by atoms with Crippen molar-refractivity contribution < 1.29 is 0 Å². The Morgan fingerprint density at radius 1 is 1.35 bits per heavy atom. The maximum atomic E-state index is 12.1. The van der Waals surface area contributed by atoms with Gasteiger partial charge in [-0.25, -0.2) is 4.79 Å². The van der Waals surface area contributed by atoms with Gasteiger partial charge in [0.1, 0.15) is 11.8 Å². The summed E-state index contributed by atoms with van der Waals surface area (Å²) in [6.07, 6.45) is 3.47. The molecule has 3 heterocycles. The second-order valence-corrected chi connectivity index (χ2v) is 7.39. The molecule has 1 fully saturated rings. The van der Waals surface area contributed by atoms with Gasteiger partial charge in [0.25, 0.3) is 5.56 Å². The maximum absolute atomic E-state index is 12.1. The number of hydrogen-bond acceptors (Lipinski definition) is 6. The number of nitriles is 1. The van der Waals surface area contributed by atoms with Gasteiger partial charge >= 0.3 is 5.69 Å². The van der Waals surface area contributed by atoms with Gasteiger partial charge in [-0.05, 0) is 30.2 Å². The van der Waals surface area contributed by atoms with Crippen molar-refractivity contribution in [2.75, 3.05) is 18.0 Å². The van der Waals surface area contributed by atoms with Crippen molar-refractivity contribution in [3.63, 3.8) is 0 Å². The zero-order chi connectivity index (χ0) is 18.9. The van der Waals surface area contributed by atoms with E-state index in [-0.39, 0.29) is 16.7 Å². The van der Waals surface area contributed by atoms with E-state index >= 15 is 0 Å². The lowest BCUT2D eigenvalue weighted by molar-refractivity contribution is 0.178. The van der Waals surface area contributed by atoms with Crippen LogP contribution in [-0.2, 0) is 0 Å². The number of anilines is 1. The van der Waals surface area contributed by atoms with Gasteiger partial charge in [-0.3, -0.25) is 9.78 Å². The topological polar surface area (TPSA) is 119 Å². The number of nitrogens with one attached hydrogen (secondary N) is 2. The molecule has 0 spiro atoms. The summed E-state index contributed by atoms with van der Waals surface area (Å²) < 4.78 is 0. The molecule has 0 aromatic carbocycles. The van der Waals surface area contributed by atoms with Crippen LogP contribution in [0.15, 0.2) is 21.9 Å². The average Bonchev–Trinajstić information content (AvgIpc) is 2.61. The molecule has 1 saturated heterocycles. The number of hydrogen-bond donors (Lipinski definition) is 2. The Balaban J connectivity index is 2.05. The quantitative estimate of drug-likeness (QED) is 0.865. The minimum absolute atomic E-state index is 0.143. The highest BCUT2D eigenvalue weighted by Gasteiger charge is 2.35. The Morgan fingerprint density at radius 2 is 2.12 bits per heavy atom. The Bertz CT molecular complexity index is 971. The molecule has 1 atom stereocenters. The van der Waals surface area contributed by atoms with Crippen LogP contribution in [-0.4, -0.2) is 33.3 Å². The lowest BCUT2D eigenvalue weighted by atomic mass is 9.73. The zero-order valence-electron chi connectivity index (χ0n) is 15.2. The SMILES string of the molecule is CC(C)C1(C)CCCN(c2cc(-c3c[nH]c(=O)[nH]c3=O)nnc2C#N)C1.